The number of hydrogen-bond acceptors (Lipinski definition) is 5. The predicted octanol–water partition coefficient (Wildman–Crippen LogP) is 23.1. The number of esters is 1. The first kappa shape index (κ1) is 77.1. The van der Waals surface area contributed by atoms with Crippen LogP contribution < -0.4 is 5.32 Å². The van der Waals surface area contributed by atoms with E-state index in [0.29, 0.717) is 25.9 Å². The van der Waals surface area contributed by atoms with Crippen molar-refractivity contribution in [1.82, 2.24) is 5.32 Å². The highest BCUT2D eigenvalue weighted by Crippen LogP contribution is 2.18. The van der Waals surface area contributed by atoms with Crippen molar-refractivity contribution >= 4 is 11.9 Å². The number of carbonyl (C=O) groups is 2. The van der Waals surface area contributed by atoms with E-state index in [4.69, 9.17) is 4.74 Å². The van der Waals surface area contributed by atoms with Gasteiger partial charge in [0.1, 0.15) is 0 Å². The summed E-state index contributed by atoms with van der Waals surface area (Å²) in [6, 6.07) is -0.542. The van der Waals surface area contributed by atoms with Gasteiger partial charge in [0.25, 0.3) is 0 Å². The van der Waals surface area contributed by atoms with Gasteiger partial charge in [-0.1, -0.05) is 333 Å². The molecule has 6 nitrogen and oxygen atoms in total. The number of ether oxygens (including phenoxy) is 1. The van der Waals surface area contributed by atoms with E-state index in [9.17, 15) is 19.8 Å². The molecule has 466 valence electrons. The SMILES string of the molecule is CCCCCCCCC/C=C\CCCCCCCCCC(=O)OCCCCCCCCCCC/C=C\C/C=C\CCCCCCCCCCCCCCCC(=O)NC(CO)C(O)CCCCCCCCCCCCCCCCC. The summed E-state index contributed by atoms with van der Waals surface area (Å²) < 4.78 is 5.50. The molecular formula is C73H139NO5. The fraction of sp³-hybridized carbons (Fsp3) is 0.890. The number of aliphatic hydroxyl groups is 2. The molecule has 0 saturated heterocycles. The van der Waals surface area contributed by atoms with E-state index in [0.717, 1.165) is 51.4 Å². The minimum absolute atomic E-state index is 0.00960. The Morgan fingerprint density at radius 1 is 0.354 bits per heavy atom. The van der Waals surface area contributed by atoms with Crippen LogP contribution in [0.5, 0.6) is 0 Å². The second-order valence-electron chi connectivity index (χ2n) is 24.6. The maximum atomic E-state index is 12.5. The van der Waals surface area contributed by atoms with Crippen LogP contribution in [-0.4, -0.2) is 47.4 Å². The molecule has 2 atom stereocenters. The molecule has 0 aromatic carbocycles. The highest BCUT2D eigenvalue weighted by atomic mass is 16.5. The Labute approximate surface area is 494 Å². The smallest absolute Gasteiger partial charge is 0.305 e. The molecule has 0 aromatic heterocycles. The molecule has 0 saturated carbocycles. The van der Waals surface area contributed by atoms with Crippen LogP contribution in [0.2, 0.25) is 0 Å². The molecule has 0 spiro atoms. The Morgan fingerprint density at radius 2 is 0.633 bits per heavy atom. The van der Waals surface area contributed by atoms with E-state index >= 15 is 0 Å². The summed E-state index contributed by atoms with van der Waals surface area (Å²) in [5.41, 5.74) is 0. The summed E-state index contributed by atoms with van der Waals surface area (Å²) in [5, 5.41) is 23.3. The van der Waals surface area contributed by atoms with Crippen molar-refractivity contribution in [2.75, 3.05) is 13.2 Å². The zero-order valence-corrected chi connectivity index (χ0v) is 53.4. The summed E-state index contributed by atoms with van der Waals surface area (Å²) in [7, 11) is 0. The Hall–Kier alpha value is -1.92. The Bertz CT molecular complexity index is 1280. The van der Waals surface area contributed by atoms with Gasteiger partial charge in [0, 0.05) is 12.8 Å². The molecule has 0 heterocycles. The molecule has 0 aliphatic carbocycles. The number of nitrogens with one attached hydrogen (secondary N) is 1. The first-order valence-corrected chi connectivity index (χ1v) is 35.7. The van der Waals surface area contributed by atoms with Gasteiger partial charge < -0.3 is 20.3 Å². The van der Waals surface area contributed by atoms with Gasteiger partial charge >= 0.3 is 5.97 Å². The molecule has 6 heteroatoms. The lowest BCUT2D eigenvalue weighted by atomic mass is 10.0. The van der Waals surface area contributed by atoms with Gasteiger partial charge in [0.15, 0.2) is 0 Å². The Morgan fingerprint density at radius 3 is 0.975 bits per heavy atom. The van der Waals surface area contributed by atoms with Crippen LogP contribution in [0.4, 0.5) is 0 Å². The van der Waals surface area contributed by atoms with Gasteiger partial charge in [-0.2, -0.15) is 0 Å². The maximum Gasteiger partial charge on any atom is 0.305 e. The second kappa shape index (κ2) is 68.6. The van der Waals surface area contributed by atoms with E-state index in [1.807, 2.05) is 0 Å². The summed E-state index contributed by atoms with van der Waals surface area (Å²) in [5.74, 6) is -0.0240. The lowest BCUT2D eigenvalue weighted by Crippen LogP contribution is -2.45. The van der Waals surface area contributed by atoms with E-state index < -0.39 is 12.1 Å². The van der Waals surface area contributed by atoms with Gasteiger partial charge in [-0.3, -0.25) is 9.59 Å². The second-order valence-corrected chi connectivity index (χ2v) is 24.6. The molecule has 0 aromatic rings. The van der Waals surface area contributed by atoms with E-state index in [-0.39, 0.29) is 18.5 Å². The number of aliphatic hydroxyl groups excluding tert-OH is 2. The van der Waals surface area contributed by atoms with Crippen LogP contribution in [0.15, 0.2) is 36.5 Å². The molecule has 79 heavy (non-hydrogen) atoms. The van der Waals surface area contributed by atoms with Crippen molar-refractivity contribution < 1.29 is 24.5 Å². The Kier molecular flexibility index (Phi) is 66.9. The van der Waals surface area contributed by atoms with E-state index in [1.54, 1.807) is 0 Å². The summed E-state index contributed by atoms with van der Waals surface area (Å²) >= 11 is 0. The van der Waals surface area contributed by atoms with Crippen molar-refractivity contribution in [1.29, 1.82) is 0 Å². The van der Waals surface area contributed by atoms with Crippen LogP contribution in [-0.2, 0) is 14.3 Å². The maximum absolute atomic E-state index is 12.5. The number of allylic oxidation sites excluding steroid dienone is 6. The van der Waals surface area contributed by atoms with Gasteiger partial charge in [-0.25, -0.2) is 0 Å². The van der Waals surface area contributed by atoms with Gasteiger partial charge in [0.05, 0.1) is 25.4 Å². The van der Waals surface area contributed by atoms with Crippen LogP contribution >= 0.6 is 0 Å². The third-order valence-electron chi connectivity index (χ3n) is 16.7. The largest absolute Gasteiger partial charge is 0.466 e. The Balaban J connectivity index is 3.39. The molecule has 0 aliphatic rings. The van der Waals surface area contributed by atoms with Gasteiger partial charge in [-0.05, 0) is 83.5 Å². The number of rotatable bonds is 67. The van der Waals surface area contributed by atoms with E-state index in [1.165, 1.54) is 308 Å². The van der Waals surface area contributed by atoms with Crippen molar-refractivity contribution in [3.05, 3.63) is 36.5 Å². The molecule has 0 fully saturated rings. The minimum atomic E-state index is -0.665. The zero-order chi connectivity index (χ0) is 57.1. The molecule has 0 radical (unpaired) electrons. The van der Waals surface area contributed by atoms with Crippen LogP contribution in [0.1, 0.15) is 393 Å². The van der Waals surface area contributed by atoms with Crippen molar-refractivity contribution in [3.8, 4) is 0 Å². The first-order chi connectivity index (χ1) is 39.0. The molecule has 2 unspecified atom stereocenters. The fourth-order valence-electron chi connectivity index (χ4n) is 11.2. The van der Waals surface area contributed by atoms with Gasteiger partial charge in [0.2, 0.25) is 5.91 Å². The molecule has 0 aliphatic heterocycles. The van der Waals surface area contributed by atoms with E-state index in [2.05, 4.69) is 55.6 Å². The lowest BCUT2D eigenvalue weighted by Gasteiger charge is -2.22. The monoisotopic (exact) mass is 1110 g/mol. The average molecular weight is 1110 g/mol. The number of amides is 1. The van der Waals surface area contributed by atoms with Crippen molar-refractivity contribution in [2.45, 2.75) is 405 Å². The third kappa shape index (κ3) is 65.1. The fourth-order valence-corrected chi connectivity index (χ4v) is 11.2. The number of unbranched alkanes of at least 4 members (excludes halogenated alkanes) is 50. The quantitative estimate of drug-likeness (QED) is 0.0320. The van der Waals surface area contributed by atoms with Crippen LogP contribution in [0.25, 0.3) is 0 Å². The lowest BCUT2D eigenvalue weighted by molar-refractivity contribution is -0.143. The summed E-state index contributed by atoms with van der Waals surface area (Å²) in [4.78, 5) is 24.6. The highest BCUT2D eigenvalue weighted by Gasteiger charge is 2.20. The molecule has 0 bridgehead atoms. The predicted molar refractivity (Wildman–Crippen MR) is 347 cm³/mol. The first-order valence-electron chi connectivity index (χ1n) is 35.7. The van der Waals surface area contributed by atoms with Crippen molar-refractivity contribution in [2.24, 2.45) is 0 Å². The summed E-state index contributed by atoms with van der Waals surface area (Å²) in [6.07, 6.45) is 87.7. The molecule has 3 N–H and O–H groups in total. The third-order valence-corrected chi connectivity index (χ3v) is 16.7. The number of hydrogen-bond donors (Lipinski definition) is 3. The van der Waals surface area contributed by atoms with Crippen LogP contribution in [0.3, 0.4) is 0 Å². The molecular weight excluding hydrogens is 971 g/mol. The standard InChI is InChI=1S/C73H139NO5/c1-3-5-7-9-11-13-15-17-19-20-35-39-43-47-51-55-59-63-67-73(78)79-68-64-60-56-52-48-44-40-36-33-31-29-27-25-23-21-22-24-26-28-30-32-34-38-42-46-50-54-58-62-66-72(77)74-70(69-75)71(76)65-61-57-53-49-45-41-37-18-16-14-12-10-8-6-4-2/h19-21,23,27,29,70-71,75-76H,3-18,22,24-26,28,30-69H2,1-2H3,(H,74,77)/b20-19-,23-21-,29-27-. The van der Waals surface area contributed by atoms with Crippen LogP contribution in [0, 0.1) is 0 Å². The van der Waals surface area contributed by atoms with Gasteiger partial charge in [-0.15, -0.1) is 0 Å². The number of carbonyl (C=O) groups excluding carboxylic acids is 2. The highest BCUT2D eigenvalue weighted by molar-refractivity contribution is 5.76. The minimum Gasteiger partial charge on any atom is -0.466 e. The zero-order valence-electron chi connectivity index (χ0n) is 53.4. The topological polar surface area (TPSA) is 95.9 Å². The average Bonchev–Trinajstić information content (AvgIpc) is 3.45. The molecule has 0 rings (SSSR count). The summed E-state index contributed by atoms with van der Waals surface area (Å²) in [6.45, 7) is 4.98. The van der Waals surface area contributed by atoms with Crippen molar-refractivity contribution in [3.63, 3.8) is 0 Å². The molecule has 1 amide bonds. The normalized spacial score (nSPS) is 12.7.